The Morgan fingerprint density at radius 2 is 2.09 bits per heavy atom. The number of unbranched alkanes of at least 4 members (excludes halogenated alkanes) is 1. The van der Waals surface area contributed by atoms with Crippen molar-refractivity contribution >= 4 is 18.3 Å². The van der Waals surface area contributed by atoms with Crippen molar-refractivity contribution in [3.8, 4) is 5.75 Å². The minimum Gasteiger partial charge on any atom is -0.481 e. The first-order valence-electron chi connectivity index (χ1n) is 7.84. The summed E-state index contributed by atoms with van der Waals surface area (Å²) < 4.78 is 5.80. The van der Waals surface area contributed by atoms with Crippen LogP contribution in [0.25, 0.3) is 0 Å². The van der Waals surface area contributed by atoms with Crippen molar-refractivity contribution < 1.29 is 9.53 Å². The van der Waals surface area contributed by atoms with Crippen LogP contribution < -0.4 is 15.8 Å². The number of carbonyl (C=O) groups is 1. The normalized spacial score (nSPS) is 12.9. The van der Waals surface area contributed by atoms with Crippen molar-refractivity contribution in [1.29, 1.82) is 0 Å². The van der Waals surface area contributed by atoms with Crippen LogP contribution in [-0.4, -0.2) is 24.6 Å². The molecular weight excluding hydrogens is 300 g/mol. The van der Waals surface area contributed by atoms with Crippen LogP contribution in [0.2, 0.25) is 0 Å². The molecule has 0 spiro atoms. The van der Waals surface area contributed by atoms with Crippen LogP contribution in [0, 0.1) is 6.92 Å². The summed E-state index contributed by atoms with van der Waals surface area (Å²) in [4.78, 5) is 12.3. The van der Waals surface area contributed by atoms with Crippen LogP contribution in [0.3, 0.4) is 0 Å². The molecule has 22 heavy (non-hydrogen) atoms. The quantitative estimate of drug-likeness (QED) is 0.731. The Hall–Kier alpha value is -1.26. The van der Waals surface area contributed by atoms with Gasteiger partial charge < -0.3 is 15.8 Å². The Bertz CT molecular complexity index is 440. The number of ether oxygens (including phenoxy) is 1. The lowest BCUT2D eigenvalue weighted by molar-refractivity contribution is -0.128. The van der Waals surface area contributed by atoms with Crippen LogP contribution in [-0.2, 0) is 4.79 Å². The minimum absolute atomic E-state index is 0. The summed E-state index contributed by atoms with van der Waals surface area (Å²) in [6.07, 6.45) is 3.24. The number of nitrogens with one attached hydrogen (secondary N) is 1. The van der Waals surface area contributed by atoms with Crippen LogP contribution in [0.5, 0.6) is 5.75 Å². The predicted octanol–water partition coefficient (Wildman–Crippen LogP) is 3.21. The predicted molar refractivity (Wildman–Crippen MR) is 93.6 cm³/mol. The Labute approximate surface area is 140 Å². The molecule has 2 atom stereocenters. The first-order valence-corrected chi connectivity index (χ1v) is 7.84. The first kappa shape index (κ1) is 20.7. The summed E-state index contributed by atoms with van der Waals surface area (Å²) in [5.41, 5.74) is 6.84. The molecule has 1 amide bonds. The molecule has 0 aromatic heterocycles. The molecular formula is C17H29ClN2O2. The molecule has 0 saturated heterocycles. The molecule has 0 fully saturated rings. The monoisotopic (exact) mass is 328 g/mol. The van der Waals surface area contributed by atoms with Crippen LogP contribution in [0.4, 0.5) is 0 Å². The van der Waals surface area contributed by atoms with Crippen molar-refractivity contribution in [3.63, 3.8) is 0 Å². The second-order valence-electron chi connectivity index (χ2n) is 5.41. The van der Waals surface area contributed by atoms with Gasteiger partial charge in [-0.2, -0.15) is 0 Å². The van der Waals surface area contributed by atoms with Crippen molar-refractivity contribution in [2.75, 3.05) is 6.54 Å². The van der Waals surface area contributed by atoms with Crippen molar-refractivity contribution in [1.82, 2.24) is 5.32 Å². The van der Waals surface area contributed by atoms with Gasteiger partial charge in [0.05, 0.1) is 0 Å². The minimum atomic E-state index is -0.470. The molecule has 3 N–H and O–H groups in total. The molecule has 0 saturated carbocycles. The summed E-state index contributed by atoms with van der Waals surface area (Å²) in [5, 5.41) is 3.00. The lowest BCUT2D eigenvalue weighted by atomic mass is 10.1. The van der Waals surface area contributed by atoms with E-state index in [1.54, 1.807) is 0 Å². The standard InChI is InChI=1S/C17H28N2O2.ClH/c1-4-6-9-14(12-18)19-17(20)16(5-2)21-15-10-7-8-13(3)11-15;/h7-8,10-11,14,16H,4-6,9,12,18H2,1-3H3,(H,19,20);1H. The Kier molecular flexibility index (Phi) is 10.7. The highest BCUT2D eigenvalue weighted by molar-refractivity contribution is 5.85. The van der Waals surface area contributed by atoms with E-state index in [9.17, 15) is 4.79 Å². The molecule has 0 aliphatic heterocycles. The lowest BCUT2D eigenvalue weighted by Gasteiger charge is -2.22. The Morgan fingerprint density at radius 1 is 1.36 bits per heavy atom. The SMILES string of the molecule is CCCCC(CN)NC(=O)C(CC)Oc1cccc(C)c1.Cl. The fraction of sp³-hybridized carbons (Fsp3) is 0.588. The van der Waals surface area contributed by atoms with E-state index in [-0.39, 0.29) is 24.4 Å². The topological polar surface area (TPSA) is 64.3 Å². The highest BCUT2D eigenvalue weighted by atomic mass is 35.5. The zero-order chi connectivity index (χ0) is 15.7. The number of hydrogen-bond acceptors (Lipinski definition) is 3. The van der Waals surface area contributed by atoms with E-state index in [0.717, 1.165) is 30.6 Å². The fourth-order valence-electron chi connectivity index (χ4n) is 2.17. The summed E-state index contributed by atoms with van der Waals surface area (Å²) in [6.45, 7) is 6.55. The number of rotatable bonds is 9. The maximum Gasteiger partial charge on any atom is 0.261 e. The smallest absolute Gasteiger partial charge is 0.261 e. The van der Waals surface area contributed by atoms with Gasteiger partial charge in [-0.3, -0.25) is 4.79 Å². The van der Waals surface area contributed by atoms with E-state index in [2.05, 4.69) is 12.2 Å². The second kappa shape index (κ2) is 11.3. The molecule has 1 aromatic rings. The van der Waals surface area contributed by atoms with Gasteiger partial charge in [-0.05, 0) is 37.5 Å². The number of nitrogens with two attached hydrogens (primary N) is 1. The number of halogens is 1. The van der Waals surface area contributed by atoms with E-state index < -0.39 is 6.10 Å². The molecule has 0 aliphatic carbocycles. The van der Waals surface area contributed by atoms with Crippen LogP contribution in [0.1, 0.15) is 45.1 Å². The number of hydrogen-bond donors (Lipinski definition) is 2. The van der Waals surface area contributed by atoms with Crippen molar-refractivity contribution in [3.05, 3.63) is 29.8 Å². The van der Waals surface area contributed by atoms with E-state index in [1.165, 1.54) is 0 Å². The molecule has 2 unspecified atom stereocenters. The Morgan fingerprint density at radius 3 is 2.64 bits per heavy atom. The summed E-state index contributed by atoms with van der Waals surface area (Å²) >= 11 is 0. The van der Waals surface area contributed by atoms with E-state index in [0.29, 0.717) is 13.0 Å². The summed E-state index contributed by atoms with van der Waals surface area (Å²) in [6, 6.07) is 7.78. The molecule has 4 nitrogen and oxygen atoms in total. The third kappa shape index (κ3) is 7.14. The molecule has 126 valence electrons. The van der Waals surface area contributed by atoms with E-state index >= 15 is 0 Å². The zero-order valence-electron chi connectivity index (χ0n) is 13.8. The molecule has 0 bridgehead atoms. The Balaban J connectivity index is 0.00000441. The average molecular weight is 329 g/mol. The highest BCUT2D eigenvalue weighted by Gasteiger charge is 2.21. The molecule has 5 heteroatoms. The van der Waals surface area contributed by atoms with Gasteiger partial charge in [-0.25, -0.2) is 0 Å². The summed E-state index contributed by atoms with van der Waals surface area (Å²) in [7, 11) is 0. The zero-order valence-corrected chi connectivity index (χ0v) is 14.6. The van der Waals surface area contributed by atoms with Crippen LogP contribution >= 0.6 is 12.4 Å². The van der Waals surface area contributed by atoms with Crippen molar-refractivity contribution in [2.24, 2.45) is 5.73 Å². The molecule has 0 aliphatic rings. The maximum atomic E-state index is 12.3. The molecule has 0 radical (unpaired) electrons. The van der Waals surface area contributed by atoms with Gasteiger partial charge in [0.15, 0.2) is 6.10 Å². The molecule has 0 heterocycles. The molecule has 1 aromatic carbocycles. The second-order valence-corrected chi connectivity index (χ2v) is 5.41. The number of carbonyl (C=O) groups excluding carboxylic acids is 1. The van der Waals surface area contributed by atoms with Gasteiger partial charge in [-0.1, -0.05) is 38.8 Å². The first-order chi connectivity index (χ1) is 10.1. The third-order valence-electron chi connectivity index (χ3n) is 3.47. The fourth-order valence-corrected chi connectivity index (χ4v) is 2.17. The largest absolute Gasteiger partial charge is 0.481 e. The maximum absolute atomic E-state index is 12.3. The highest BCUT2D eigenvalue weighted by Crippen LogP contribution is 2.15. The van der Waals surface area contributed by atoms with Gasteiger partial charge >= 0.3 is 0 Å². The van der Waals surface area contributed by atoms with E-state index in [4.69, 9.17) is 10.5 Å². The third-order valence-corrected chi connectivity index (χ3v) is 3.47. The average Bonchev–Trinajstić information content (AvgIpc) is 2.48. The van der Waals surface area contributed by atoms with Gasteiger partial charge in [-0.15, -0.1) is 12.4 Å². The molecule has 1 rings (SSSR count). The van der Waals surface area contributed by atoms with Gasteiger partial charge in [0.2, 0.25) is 0 Å². The van der Waals surface area contributed by atoms with E-state index in [1.807, 2.05) is 38.1 Å². The number of aryl methyl sites for hydroxylation is 1. The number of benzene rings is 1. The van der Waals surface area contributed by atoms with Gasteiger partial charge in [0, 0.05) is 12.6 Å². The van der Waals surface area contributed by atoms with Gasteiger partial charge in [0.1, 0.15) is 5.75 Å². The van der Waals surface area contributed by atoms with Gasteiger partial charge in [0.25, 0.3) is 5.91 Å². The number of amides is 1. The summed E-state index contributed by atoms with van der Waals surface area (Å²) in [5.74, 6) is 0.653. The lowest BCUT2D eigenvalue weighted by Crippen LogP contribution is -2.46. The van der Waals surface area contributed by atoms with Crippen molar-refractivity contribution in [2.45, 2.75) is 58.6 Å². The van der Waals surface area contributed by atoms with Crippen LogP contribution in [0.15, 0.2) is 24.3 Å².